The van der Waals surface area contributed by atoms with Crippen LogP contribution in [0.3, 0.4) is 0 Å². The van der Waals surface area contributed by atoms with Crippen LogP contribution in [0.1, 0.15) is 36.2 Å². The molecular formula is C21H30N12O. The molecule has 1 heterocycles. The maximum atomic E-state index is 12.0. The van der Waals surface area contributed by atoms with Gasteiger partial charge in [0.15, 0.2) is 11.5 Å². The fourth-order valence-corrected chi connectivity index (χ4v) is 3.65. The molecule has 1 aliphatic carbocycles. The normalized spacial score (nSPS) is 17.8. The highest BCUT2D eigenvalue weighted by molar-refractivity contribution is 5.96. The smallest absolute Gasteiger partial charge is 0.271 e. The molecule has 1 aromatic carbocycles. The van der Waals surface area contributed by atoms with Gasteiger partial charge in [0.25, 0.3) is 5.91 Å². The topological polar surface area (TPSA) is 221 Å². The van der Waals surface area contributed by atoms with Crippen molar-refractivity contribution >= 4 is 47.0 Å². The van der Waals surface area contributed by atoms with E-state index in [1.807, 2.05) is 0 Å². The average Bonchev–Trinajstić information content (AvgIpc) is 2.81. The molecule has 2 aromatic rings. The molecular weight excluding hydrogens is 436 g/mol. The third-order valence-electron chi connectivity index (χ3n) is 5.30. The van der Waals surface area contributed by atoms with E-state index in [1.165, 1.54) is 11.2 Å². The molecule has 1 aliphatic rings. The molecule has 2 atom stereocenters. The van der Waals surface area contributed by atoms with Crippen LogP contribution in [0.5, 0.6) is 0 Å². The first kappa shape index (κ1) is 24.7. The fourth-order valence-electron chi connectivity index (χ4n) is 3.65. The van der Waals surface area contributed by atoms with Gasteiger partial charge in [-0.1, -0.05) is 12.8 Å². The first-order valence-corrected chi connectivity index (χ1v) is 10.9. The van der Waals surface area contributed by atoms with Gasteiger partial charge in [-0.3, -0.25) is 4.79 Å². The lowest BCUT2D eigenvalue weighted by molar-refractivity contribution is 0.0996. The van der Waals surface area contributed by atoms with Crippen LogP contribution >= 0.6 is 0 Å². The van der Waals surface area contributed by atoms with Crippen LogP contribution < -0.4 is 33.0 Å². The second-order valence-electron chi connectivity index (χ2n) is 7.86. The third-order valence-corrected chi connectivity index (χ3v) is 5.30. The molecule has 13 nitrogen and oxygen atoms in total. The van der Waals surface area contributed by atoms with Crippen LogP contribution in [-0.2, 0) is 0 Å². The van der Waals surface area contributed by atoms with Gasteiger partial charge in [-0.2, -0.15) is 10.2 Å². The summed E-state index contributed by atoms with van der Waals surface area (Å²) < 4.78 is 0. The van der Waals surface area contributed by atoms with Crippen molar-refractivity contribution in [3.8, 4) is 0 Å². The summed E-state index contributed by atoms with van der Waals surface area (Å²) in [6.45, 7) is 0.308. The van der Waals surface area contributed by atoms with Crippen molar-refractivity contribution < 1.29 is 4.79 Å². The number of carbonyl (C=O) groups is 1. The number of benzene rings is 1. The molecule has 180 valence electrons. The highest BCUT2D eigenvalue weighted by atomic mass is 16.1. The number of nitrogens with zero attached hydrogens (tertiary/aromatic N) is 5. The molecule has 13 heteroatoms. The van der Waals surface area contributed by atoms with Crippen molar-refractivity contribution in [3.63, 3.8) is 0 Å². The van der Waals surface area contributed by atoms with Crippen molar-refractivity contribution in [2.24, 2.45) is 27.5 Å². The molecule has 0 saturated heterocycles. The average molecular weight is 467 g/mol. The van der Waals surface area contributed by atoms with Gasteiger partial charge < -0.3 is 37.9 Å². The largest absolute Gasteiger partial charge is 0.364 e. The third kappa shape index (κ3) is 6.52. The van der Waals surface area contributed by atoms with E-state index in [0.29, 0.717) is 22.9 Å². The van der Waals surface area contributed by atoms with E-state index in [0.717, 1.165) is 38.1 Å². The molecule has 1 saturated carbocycles. The number of nitrogens with one attached hydrogen (secondary N) is 4. The summed E-state index contributed by atoms with van der Waals surface area (Å²) in [6, 6.07) is 5.15. The molecule has 10 N–H and O–H groups in total. The maximum Gasteiger partial charge on any atom is 0.271 e. The Morgan fingerprint density at radius 2 is 2.03 bits per heavy atom. The van der Waals surface area contributed by atoms with E-state index < -0.39 is 5.91 Å². The fraction of sp³-hybridized carbons (Fsp3) is 0.381. The summed E-state index contributed by atoms with van der Waals surface area (Å²) in [6.07, 6.45) is 7.80. The standard InChI is InChI=1S/C21H30N12O/c22-5-7-28-32-14-9-13(10-15(11-14)33(26)8-6-23)29-21-19(20(25)34)27-12-18(31-21)30-17-4-2-1-3-16(17)24/h5-6,9-12,16-17,22-23H,1-4,7-8,24,26H2,(H2,25,34)(H2,29,30,31). The van der Waals surface area contributed by atoms with Gasteiger partial charge in [0.05, 0.1) is 30.7 Å². The number of aromatic nitrogens is 2. The van der Waals surface area contributed by atoms with Crippen LogP contribution in [0.25, 0.3) is 0 Å². The van der Waals surface area contributed by atoms with Gasteiger partial charge in [-0.15, -0.1) is 0 Å². The lowest BCUT2D eigenvalue weighted by atomic mass is 9.91. The summed E-state index contributed by atoms with van der Waals surface area (Å²) in [5.41, 5.74) is 13.2. The van der Waals surface area contributed by atoms with Crippen LogP contribution in [0.15, 0.2) is 34.6 Å². The summed E-state index contributed by atoms with van der Waals surface area (Å²) in [7, 11) is 0. The number of nitrogens with two attached hydrogens (primary N) is 3. The molecule has 1 fully saturated rings. The molecule has 0 bridgehead atoms. The van der Waals surface area contributed by atoms with Gasteiger partial charge in [0.2, 0.25) is 0 Å². The minimum atomic E-state index is -0.734. The van der Waals surface area contributed by atoms with E-state index in [1.54, 1.807) is 18.2 Å². The molecule has 0 aliphatic heterocycles. The highest BCUT2D eigenvalue weighted by Crippen LogP contribution is 2.29. The number of hydrogen-bond acceptors (Lipinski definition) is 12. The number of primary amides is 1. The van der Waals surface area contributed by atoms with E-state index >= 15 is 0 Å². The number of rotatable bonds is 11. The van der Waals surface area contributed by atoms with Crippen LogP contribution in [0.2, 0.25) is 0 Å². The SMILES string of the molecule is N=CCN=Nc1cc(Nc2nc(NC3CCCCC3N)cnc2C(N)=O)cc(N(N)CC=N)c1. The second-order valence-corrected chi connectivity index (χ2v) is 7.86. The summed E-state index contributed by atoms with van der Waals surface area (Å²) in [5, 5.41) is 30.2. The number of hydrogen-bond donors (Lipinski definition) is 7. The molecule has 0 radical (unpaired) electrons. The zero-order valence-corrected chi connectivity index (χ0v) is 18.7. The minimum absolute atomic E-state index is 0.0118. The summed E-state index contributed by atoms with van der Waals surface area (Å²) >= 11 is 0. The molecule has 2 unspecified atom stereocenters. The Morgan fingerprint density at radius 3 is 2.74 bits per heavy atom. The van der Waals surface area contributed by atoms with Crippen molar-refractivity contribution in [2.75, 3.05) is 28.7 Å². The van der Waals surface area contributed by atoms with Gasteiger partial charge in [-0.05, 0) is 31.0 Å². The molecule has 0 spiro atoms. The lowest BCUT2D eigenvalue weighted by Gasteiger charge is -2.29. The zero-order valence-electron chi connectivity index (χ0n) is 18.7. The minimum Gasteiger partial charge on any atom is -0.364 e. The number of azo groups is 1. The van der Waals surface area contributed by atoms with E-state index in [4.69, 9.17) is 28.1 Å². The number of anilines is 4. The zero-order chi connectivity index (χ0) is 24.5. The maximum absolute atomic E-state index is 12.0. The predicted octanol–water partition coefficient (Wildman–Crippen LogP) is 2.06. The van der Waals surface area contributed by atoms with Gasteiger partial charge >= 0.3 is 0 Å². The first-order valence-electron chi connectivity index (χ1n) is 10.9. The van der Waals surface area contributed by atoms with Crippen LogP contribution in [0, 0.1) is 10.8 Å². The number of amides is 1. The Labute approximate surface area is 197 Å². The van der Waals surface area contributed by atoms with Crippen LogP contribution in [0.4, 0.5) is 28.7 Å². The molecule has 1 aromatic heterocycles. The predicted molar refractivity (Wildman–Crippen MR) is 133 cm³/mol. The molecule has 3 rings (SSSR count). The summed E-state index contributed by atoms with van der Waals surface area (Å²) in [4.78, 5) is 20.7. The molecule has 34 heavy (non-hydrogen) atoms. The Morgan fingerprint density at radius 1 is 1.24 bits per heavy atom. The summed E-state index contributed by atoms with van der Waals surface area (Å²) in [5.74, 6) is 5.94. The van der Waals surface area contributed by atoms with Crippen LogP contribution in [-0.4, -0.2) is 53.5 Å². The first-order chi connectivity index (χ1) is 16.4. The Kier molecular flexibility index (Phi) is 8.54. The van der Waals surface area contributed by atoms with Crippen molar-refractivity contribution in [3.05, 3.63) is 30.1 Å². The van der Waals surface area contributed by atoms with Crippen molar-refractivity contribution in [1.29, 1.82) is 10.8 Å². The second kappa shape index (κ2) is 11.8. The number of carbonyl (C=O) groups excluding carboxylic acids is 1. The van der Waals surface area contributed by atoms with Crippen molar-refractivity contribution in [2.45, 2.75) is 37.8 Å². The Balaban J connectivity index is 1.94. The Hall–Kier alpha value is -3.97. The lowest BCUT2D eigenvalue weighted by Crippen LogP contribution is -2.42. The van der Waals surface area contributed by atoms with E-state index in [9.17, 15) is 4.79 Å². The number of hydrazine groups is 1. The van der Waals surface area contributed by atoms with Gasteiger partial charge in [0.1, 0.15) is 5.82 Å². The monoisotopic (exact) mass is 466 g/mol. The van der Waals surface area contributed by atoms with Gasteiger partial charge in [-0.25, -0.2) is 15.8 Å². The quantitative estimate of drug-likeness (QED) is 0.112. The van der Waals surface area contributed by atoms with Crippen molar-refractivity contribution in [1.82, 2.24) is 9.97 Å². The van der Waals surface area contributed by atoms with E-state index in [-0.39, 0.29) is 36.7 Å². The van der Waals surface area contributed by atoms with Gasteiger partial charge in [0, 0.05) is 30.2 Å². The molecule has 1 amide bonds. The highest BCUT2D eigenvalue weighted by Gasteiger charge is 2.23. The Bertz CT molecular complexity index is 1060. The van der Waals surface area contributed by atoms with E-state index in [2.05, 4.69) is 30.8 Å².